The zero-order valence-electron chi connectivity index (χ0n) is 9.69. The summed E-state index contributed by atoms with van der Waals surface area (Å²) >= 11 is 0. The second-order valence-electron chi connectivity index (χ2n) is 3.62. The molecule has 7 heteroatoms. The molecule has 17 heavy (non-hydrogen) atoms. The van der Waals surface area contributed by atoms with Crippen LogP contribution in [0.25, 0.3) is 0 Å². The number of methoxy groups -OCH3 is 2. The first-order chi connectivity index (χ1) is 8.22. The monoisotopic (exact) mass is 238 g/mol. The molecule has 1 aliphatic heterocycles. The van der Waals surface area contributed by atoms with Gasteiger partial charge in [-0.05, 0) is 0 Å². The van der Waals surface area contributed by atoms with E-state index in [9.17, 15) is 4.79 Å². The summed E-state index contributed by atoms with van der Waals surface area (Å²) in [4.78, 5) is 19.7. The number of ether oxygens (including phenoxy) is 2. The first-order valence-electron chi connectivity index (χ1n) is 5.21. The third kappa shape index (κ3) is 2.62. The lowest BCUT2D eigenvalue weighted by Gasteiger charge is -2.25. The van der Waals surface area contributed by atoms with Crippen molar-refractivity contribution in [1.82, 2.24) is 15.3 Å². The second kappa shape index (κ2) is 4.96. The molecule has 2 rings (SSSR count). The highest BCUT2D eigenvalue weighted by Crippen LogP contribution is 2.18. The van der Waals surface area contributed by atoms with Crippen molar-refractivity contribution in [2.24, 2.45) is 5.92 Å². The quantitative estimate of drug-likeness (QED) is 0.746. The van der Waals surface area contributed by atoms with Crippen LogP contribution in [0.2, 0.25) is 0 Å². The van der Waals surface area contributed by atoms with Gasteiger partial charge in [0.25, 0.3) is 0 Å². The molecule has 0 bridgehead atoms. The molecule has 7 nitrogen and oxygen atoms in total. The molecule has 2 N–H and O–H groups in total. The number of carbonyl (C=O) groups is 1. The van der Waals surface area contributed by atoms with Gasteiger partial charge in [0, 0.05) is 13.1 Å². The highest BCUT2D eigenvalue weighted by atomic mass is 16.5. The fourth-order valence-corrected chi connectivity index (χ4v) is 1.36. The lowest BCUT2D eigenvalue weighted by Crippen LogP contribution is -2.48. The van der Waals surface area contributed by atoms with Gasteiger partial charge < -0.3 is 14.8 Å². The molecule has 2 heterocycles. The summed E-state index contributed by atoms with van der Waals surface area (Å²) in [7, 11) is 2.98. The molecule has 0 unspecified atom stereocenters. The maximum absolute atomic E-state index is 11.7. The van der Waals surface area contributed by atoms with Crippen LogP contribution in [0.3, 0.4) is 0 Å². The van der Waals surface area contributed by atoms with E-state index in [1.165, 1.54) is 14.2 Å². The van der Waals surface area contributed by atoms with Gasteiger partial charge in [-0.25, -0.2) is 0 Å². The third-order valence-electron chi connectivity index (χ3n) is 2.48. The number of hydrogen-bond acceptors (Lipinski definition) is 6. The number of aromatic nitrogens is 2. The molecule has 1 amide bonds. The van der Waals surface area contributed by atoms with Crippen molar-refractivity contribution in [3.05, 3.63) is 6.07 Å². The predicted molar refractivity (Wildman–Crippen MR) is 60.1 cm³/mol. The standard InChI is InChI=1S/C10H14N4O3/c1-16-7-3-8(17-2)13-10(12-7)14-9(15)6-4-11-5-6/h3,6,11H,4-5H2,1-2H3,(H,12,13,14,15). The Morgan fingerprint density at radius 2 is 1.94 bits per heavy atom. The lowest BCUT2D eigenvalue weighted by molar-refractivity contribution is -0.121. The molecule has 92 valence electrons. The van der Waals surface area contributed by atoms with Crippen molar-refractivity contribution in [2.75, 3.05) is 32.6 Å². The summed E-state index contributed by atoms with van der Waals surface area (Å²) < 4.78 is 9.97. The fraction of sp³-hybridized carbons (Fsp3) is 0.500. The van der Waals surface area contributed by atoms with Gasteiger partial charge in [0.2, 0.25) is 23.6 Å². The van der Waals surface area contributed by atoms with Crippen molar-refractivity contribution >= 4 is 11.9 Å². The second-order valence-corrected chi connectivity index (χ2v) is 3.62. The molecule has 0 aromatic carbocycles. The van der Waals surface area contributed by atoms with Gasteiger partial charge in [-0.2, -0.15) is 9.97 Å². The van der Waals surface area contributed by atoms with Crippen molar-refractivity contribution in [1.29, 1.82) is 0 Å². The van der Waals surface area contributed by atoms with Gasteiger partial charge in [-0.1, -0.05) is 0 Å². The Balaban J connectivity index is 2.10. The fourth-order valence-electron chi connectivity index (χ4n) is 1.36. The lowest BCUT2D eigenvalue weighted by atomic mass is 10.0. The minimum atomic E-state index is -0.0981. The van der Waals surface area contributed by atoms with E-state index >= 15 is 0 Å². The molecule has 0 spiro atoms. The predicted octanol–water partition coefficient (Wildman–Crippen LogP) is -0.348. The van der Waals surface area contributed by atoms with E-state index in [-0.39, 0.29) is 17.8 Å². The summed E-state index contributed by atoms with van der Waals surface area (Å²) in [5.41, 5.74) is 0. The van der Waals surface area contributed by atoms with Crippen LogP contribution < -0.4 is 20.1 Å². The minimum absolute atomic E-state index is 0.0178. The molecule has 0 radical (unpaired) electrons. The third-order valence-corrected chi connectivity index (χ3v) is 2.48. The number of nitrogens with zero attached hydrogens (tertiary/aromatic N) is 2. The Morgan fingerprint density at radius 1 is 1.35 bits per heavy atom. The summed E-state index contributed by atoms with van der Waals surface area (Å²) in [6.45, 7) is 1.37. The van der Waals surface area contributed by atoms with E-state index in [4.69, 9.17) is 9.47 Å². The molecule has 0 saturated carbocycles. The smallest absolute Gasteiger partial charge is 0.236 e. The maximum Gasteiger partial charge on any atom is 0.236 e. The number of carbonyl (C=O) groups excluding carboxylic acids is 1. The van der Waals surface area contributed by atoms with Crippen molar-refractivity contribution in [3.63, 3.8) is 0 Å². The SMILES string of the molecule is COc1cc(OC)nc(NC(=O)C2CNC2)n1. The molecule has 1 saturated heterocycles. The molecule has 0 aliphatic carbocycles. The normalized spacial score (nSPS) is 14.9. The van der Waals surface area contributed by atoms with Gasteiger partial charge >= 0.3 is 0 Å². The number of anilines is 1. The van der Waals surface area contributed by atoms with Crippen LogP contribution >= 0.6 is 0 Å². The van der Waals surface area contributed by atoms with Gasteiger partial charge in [0.05, 0.1) is 26.2 Å². The van der Waals surface area contributed by atoms with E-state index in [1.807, 2.05) is 0 Å². The van der Waals surface area contributed by atoms with Gasteiger partial charge in [0.15, 0.2) is 0 Å². The van der Waals surface area contributed by atoms with E-state index in [0.29, 0.717) is 24.8 Å². The average molecular weight is 238 g/mol. The Labute approximate surface area is 98.5 Å². The Hall–Kier alpha value is -1.89. The van der Waals surface area contributed by atoms with Crippen LogP contribution in [0.1, 0.15) is 0 Å². The van der Waals surface area contributed by atoms with Crippen LogP contribution in [0.4, 0.5) is 5.95 Å². The van der Waals surface area contributed by atoms with Gasteiger partial charge in [-0.15, -0.1) is 0 Å². The first-order valence-corrected chi connectivity index (χ1v) is 5.21. The maximum atomic E-state index is 11.7. The average Bonchev–Trinajstić information content (AvgIpc) is 2.25. The molecule has 0 atom stereocenters. The molecule has 1 aromatic heterocycles. The molecule has 1 aromatic rings. The van der Waals surface area contributed by atoms with Crippen LogP contribution in [0.5, 0.6) is 11.8 Å². The van der Waals surface area contributed by atoms with Crippen molar-refractivity contribution < 1.29 is 14.3 Å². The van der Waals surface area contributed by atoms with Crippen LogP contribution in [0.15, 0.2) is 6.07 Å². The van der Waals surface area contributed by atoms with Crippen LogP contribution in [-0.2, 0) is 4.79 Å². The molecule has 1 fully saturated rings. The van der Waals surface area contributed by atoms with E-state index in [2.05, 4.69) is 20.6 Å². The highest BCUT2D eigenvalue weighted by Gasteiger charge is 2.25. The minimum Gasteiger partial charge on any atom is -0.481 e. The first kappa shape index (κ1) is 11.6. The molecule has 1 aliphatic rings. The molecular formula is C10H14N4O3. The summed E-state index contributed by atoms with van der Waals surface area (Å²) in [6, 6.07) is 1.54. The van der Waals surface area contributed by atoms with Crippen molar-refractivity contribution in [2.45, 2.75) is 0 Å². The molecular weight excluding hydrogens is 224 g/mol. The summed E-state index contributed by atoms with van der Waals surface area (Å²) in [5, 5.41) is 5.65. The Kier molecular flexibility index (Phi) is 3.38. The number of hydrogen-bond donors (Lipinski definition) is 2. The van der Waals surface area contributed by atoms with Gasteiger partial charge in [0.1, 0.15) is 0 Å². The largest absolute Gasteiger partial charge is 0.481 e. The van der Waals surface area contributed by atoms with E-state index in [1.54, 1.807) is 6.07 Å². The van der Waals surface area contributed by atoms with Crippen molar-refractivity contribution in [3.8, 4) is 11.8 Å². The van der Waals surface area contributed by atoms with Crippen LogP contribution in [-0.4, -0.2) is 43.2 Å². The Morgan fingerprint density at radius 3 is 2.35 bits per heavy atom. The Bertz CT molecular complexity index is 398. The summed E-state index contributed by atoms with van der Waals surface area (Å²) in [5.74, 6) is 0.769. The van der Waals surface area contributed by atoms with E-state index in [0.717, 1.165) is 0 Å². The number of nitrogens with one attached hydrogen (secondary N) is 2. The van der Waals surface area contributed by atoms with Gasteiger partial charge in [-0.3, -0.25) is 10.1 Å². The topological polar surface area (TPSA) is 85.4 Å². The van der Waals surface area contributed by atoms with E-state index < -0.39 is 0 Å². The van der Waals surface area contributed by atoms with Crippen LogP contribution in [0, 0.1) is 5.92 Å². The number of rotatable bonds is 4. The number of amides is 1. The summed E-state index contributed by atoms with van der Waals surface area (Å²) in [6.07, 6.45) is 0. The zero-order chi connectivity index (χ0) is 12.3. The highest BCUT2D eigenvalue weighted by molar-refractivity contribution is 5.91. The zero-order valence-corrected chi connectivity index (χ0v) is 9.69.